The van der Waals surface area contributed by atoms with E-state index >= 15 is 0 Å². The third kappa shape index (κ3) is 3.56. The van der Waals surface area contributed by atoms with Gasteiger partial charge in [-0.15, -0.1) is 0 Å². The first-order chi connectivity index (χ1) is 9.88. The minimum absolute atomic E-state index is 0.0280. The molecule has 0 spiro atoms. The number of sulfone groups is 1. The van der Waals surface area contributed by atoms with Gasteiger partial charge in [-0.05, 0) is 30.9 Å². The molecule has 2 rings (SSSR count). The normalized spacial score (nSPS) is 21.4. The number of rotatable bonds is 6. The highest BCUT2D eigenvalue weighted by Crippen LogP contribution is 2.38. The summed E-state index contributed by atoms with van der Waals surface area (Å²) in [4.78, 5) is 11.7. The lowest BCUT2D eigenvalue weighted by atomic mass is 9.77. The van der Waals surface area contributed by atoms with E-state index in [2.05, 4.69) is 0 Å². The van der Waals surface area contributed by atoms with Crippen LogP contribution >= 0.6 is 0 Å². The topological polar surface area (TPSA) is 80.7 Å². The maximum absolute atomic E-state index is 11.7. The number of hydrogen-bond acceptors (Lipinski definition) is 4. The van der Waals surface area contributed by atoms with Crippen LogP contribution in [0.15, 0.2) is 24.3 Å². The first-order valence-corrected chi connectivity index (χ1v) is 8.85. The molecular weight excluding hydrogens is 292 g/mol. The molecule has 5 nitrogen and oxygen atoms in total. The van der Waals surface area contributed by atoms with E-state index in [9.17, 15) is 18.3 Å². The summed E-state index contributed by atoms with van der Waals surface area (Å²) in [5.74, 6) is -0.0893. The van der Waals surface area contributed by atoms with Gasteiger partial charge >= 0.3 is 5.97 Å². The zero-order chi connectivity index (χ0) is 15.5. The van der Waals surface area contributed by atoms with Crippen molar-refractivity contribution >= 4 is 15.8 Å². The van der Waals surface area contributed by atoms with Gasteiger partial charge in [-0.2, -0.15) is 0 Å². The highest BCUT2D eigenvalue weighted by atomic mass is 32.2. The average Bonchev–Trinajstić information content (AvgIpc) is 2.46. The monoisotopic (exact) mass is 312 g/mol. The van der Waals surface area contributed by atoms with Crippen molar-refractivity contribution < 1.29 is 23.1 Å². The van der Waals surface area contributed by atoms with Gasteiger partial charge in [0.05, 0.1) is 5.75 Å². The molecule has 6 heteroatoms. The Morgan fingerprint density at radius 2 is 2.10 bits per heavy atom. The molecule has 1 unspecified atom stereocenters. The number of ether oxygens (including phenoxy) is 1. The highest BCUT2D eigenvalue weighted by Gasteiger charge is 2.42. The summed E-state index contributed by atoms with van der Waals surface area (Å²) < 4.78 is 28.6. The summed E-state index contributed by atoms with van der Waals surface area (Å²) in [5.41, 5.74) is -0.165. The molecular formula is C15H20O5S. The molecule has 1 atom stereocenters. The van der Waals surface area contributed by atoms with E-state index < -0.39 is 21.2 Å². The Bertz CT molecular complexity index is 623. The van der Waals surface area contributed by atoms with E-state index in [0.29, 0.717) is 19.3 Å². The molecule has 1 heterocycles. The third-order valence-corrected chi connectivity index (χ3v) is 5.80. The Hall–Kier alpha value is -1.56. The third-order valence-electron chi connectivity index (χ3n) is 4.01. The van der Waals surface area contributed by atoms with Crippen LogP contribution in [0.5, 0.6) is 5.75 Å². The predicted molar refractivity (Wildman–Crippen MR) is 79.3 cm³/mol. The van der Waals surface area contributed by atoms with Gasteiger partial charge in [-0.3, -0.25) is 4.79 Å². The van der Waals surface area contributed by atoms with Crippen LogP contribution in [0.1, 0.15) is 25.3 Å². The zero-order valence-corrected chi connectivity index (χ0v) is 12.9. The number of carboxylic acids is 1. The predicted octanol–water partition coefficient (Wildman–Crippen LogP) is 1.91. The second-order valence-electron chi connectivity index (χ2n) is 5.50. The summed E-state index contributed by atoms with van der Waals surface area (Å²) in [5, 5.41) is 9.57. The first kappa shape index (κ1) is 15.8. The summed E-state index contributed by atoms with van der Waals surface area (Å²) >= 11 is 0. The Morgan fingerprint density at radius 3 is 2.76 bits per heavy atom. The largest absolute Gasteiger partial charge is 0.492 e. The van der Waals surface area contributed by atoms with Crippen molar-refractivity contribution in [3.8, 4) is 5.75 Å². The molecule has 1 aromatic carbocycles. The number of para-hydroxylation sites is 1. The van der Waals surface area contributed by atoms with Crippen LogP contribution in [0, 0.1) is 5.41 Å². The van der Waals surface area contributed by atoms with Gasteiger partial charge < -0.3 is 9.84 Å². The molecule has 0 saturated heterocycles. The Labute approximate surface area is 124 Å². The first-order valence-electron chi connectivity index (χ1n) is 7.03. The number of carboxylic acid groups (broad SMARTS) is 1. The number of fused-ring (bicyclic) bond motifs is 1. The molecule has 0 fully saturated rings. The van der Waals surface area contributed by atoms with Crippen LogP contribution in [-0.2, 0) is 21.1 Å². The van der Waals surface area contributed by atoms with Crippen LogP contribution < -0.4 is 4.74 Å². The number of benzene rings is 1. The Kier molecular flexibility index (Phi) is 4.56. The maximum atomic E-state index is 11.7. The van der Waals surface area contributed by atoms with Crippen molar-refractivity contribution in [2.45, 2.75) is 26.2 Å². The molecule has 0 radical (unpaired) electrons. The van der Waals surface area contributed by atoms with Crippen molar-refractivity contribution in [1.29, 1.82) is 0 Å². The lowest BCUT2D eigenvalue weighted by Crippen LogP contribution is -2.42. The van der Waals surface area contributed by atoms with Crippen LogP contribution in [0.3, 0.4) is 0 Å². The summed E-state index contributed by atoms with van der Waals surface area (Å²) in [6.07, 6.45) is 1.02. The van der Waals surface area contributed by atoms with Gasteiger partial charge in [0.25, 0.3) is 0 Å². The number of hydrogen-bond donors (Lipinski definition) is 1. The quantitative estimate of drug-likeness (QED) is 0.868. The Morgan fingerprint density at radius 1 is 1.38 bits per heavy atom. The van der Waals surface area contributed by atoms with Gasteiger partial charge in [-0.1, -0.05) is 25.1 Å². The van der Waals surface area contributed by atoms with E-state index in [1.807, 2.05) is 24.3 Å². The average molecular weight is 312 g/mol. The standard InChI is InChI=1S/C15H20O5S/c1-2-21(18,19)9-5-8-15(14(16)17)10-12-6-3-4-7-13(12)20-11-15/h3-4,6-7H,2,5,8-11H2,1H3,(H,16,17). The van der Waals surface area contributed by atoms with Gasteiger partial charge in [0.2, 0.25) is 0 Å². The summed E-state index contributed by atoms with van der Waals surface area (Å²) in [6, 6.07) is 7.37. The molecule has 1 aliphatic rings. The summed E-state index contributed by atoms with van der Waals surface area (Å²) in [6.45, 7) is 1.69. The molecule has 0 saturated carbocycles. The minimum Gasteiger partial charge on any atom is -0.492 e. The van der Waals surface area contributed by atoms with Crippen LogP contribution in [0.4, 0.5) is 0 Å². The van der Waals surface area contributed by atoms with Gasteiger partial charge in [0, 0.05) is 5.75 Å². The van der Waals surface area contributed by atoms with Crippen LogP contribution in [-0.4, -0.2) is 37.6 Å². The SMILES string of the molecule is CCS(=O)(=O)CCCC1(C(=O)O)COc2ccccc2C1. The molecule has 1 aliphatic heterocycles. The van der Waals surface area contributed by atoms with E-state index in [1.54, 1.807) is 6.92 Å². The van der Waals surface area contributed by atoms with Gasteiger partial charge in [0.15, 0.2) is 0 Å². The number of carbonyl (C=O) groups is 1. The van der Waals surface area contributed by atoms with Crippen molar-refractivity contribution in [3.63, 3.8) is 0 Å². The lowest BCUT2D eigenvalue weighted by molar-refractivity contribution is -0.152. The van der Waals surface area contributed by atoms with Crippen molar-refractivity contribution in [2.75, 3.05) is 18.1 Å². The summed E-state index contributed by atoms with van der Waals surface area (Å²) in [7, 11) is -3.07. The van der Waals surface area contributed by atoms with E-state index in [0.717, 1.165) is 11.3 Å². The minimum atomic E-state index is -3.07. The highest BCUT2D eigenvalue weighted by molar-refractivity contribution is 7.91. The van der Waals surface area contributed by atoms with Crippen molar-refractivity contribution in [2.24, 2.45) is 5.41 Å². The number of aliphatic carboxylic acids is 1. The second-order valence-corrected chi connectivity index (χ2v) is 7.97. The molecule has 0 bridgehead atoms. The maximum Gasteiger partial charge on any atom is 0.313 e. The molecule has 1 aromatic rings. The molecule has 116 valence electrons. The second kappa shape index (κ2) is 6.05. The molecule has 21 heavy (non-hydrogen) atoms. The fourth-order valence-corrected chi connectivity index (χ4v) is 3.47. The molecule has 0 aliphatic carbocycles. The van der Waals surface area contributed by atoms with Crippen molar-refractivity contribution in [1.82, 2.24) is 0 Å². The lowest BCUT2D eigenvalue weighted by Gasteiger charge is -2.34. The van der Waals surface area contributed by atoms with E-state index in [4.69, 9.17) is 4.74 Å². The zero-order valence-electron chi connectivity index (χ0n) is 12.0. The molecule has 0 amide bonds. The van der Waals surface area contributed by atoms with Crippen molar-refractivity contribution in [3.05, 3.63) is 29.8 Å². The van der Waals surface area contributed by atoms with E-state index in [1.165, 1.54) is 0 Å². The molecule has 0 aromatic heterocycles. The molecule has 1 N–H and O–H groups in total. The fraction of sp³-hybridized carbons (Fsp3) is 0.533. The smallest absolute Gasteiger partial charge is 0.313 e. The van der Waals surface area contributed by atoms with Crippen LogP contribution in [0.2, 0.25) is 0 Å². The van der Waals surface area contributed by atoms with Gasteiger partial charge in [-0.25, -0.2) is 8.42 Å². The van der Waals surface area contributed by atoms with Crippen LogP contribution in [0.25, 0.3) is 0 Å². The van der Waals surface area contributed by atoms with Gasteiger partial charge in [0.1, 0.15) is 27.6 Å². The fourth-order valence-electron chi connectivity index (χ4n) is 2.60. The van der Waals surface area contributed by atoms with E-state index in [-0.39, 0.29) is 18.1 Å². The Balaban J connectivity index is 2.11.